The molecule has 0 saturated carbocycles. The SMILES string of the molecule is C[B]C1C=CC(=NCC(C)C)C1. The Hall–Kier alpha value is -0.525. The molecular weight excluding hydrogens is 145 g/mol. The van der Waals surface area contributed by atoms with Crippen LogP contribution in [0.2, 0.25) is 12.6 Å². The Morgan fingerprint density at radius 3 is 2.92 bits per heavy atom. The lowest BCUT2D eigenvalue weighted by Gasteiger charge is -2.02. The lowest BCUT2D eigenvalue weighted by molar-refractivity contribution is 0.665. The zero-order chi connectivity index (χ0) is 8.97. The zero-order valence-corrected chi connectivity index (χ0v) is 8.25. The molecule has 0 aromatic rings. The zero-order valence-electron chi connectivity index (χ0n) is 8.25. The number of hydrogen-bond acceptors (Lipinski definition) is 1. The molecule has 0 aliphatic heterocycles. The second-order valence-electron chi connectivity index (χ2n) is 3.79. The molecule has 0 N–H and O–H groups in total. The highest BCUT2D eigenvalue weighted by Crippen LogP contribution is 2.19. The summed E-state index contributed by atoms with van der Waals surface area (Å²) in [5.41, 5.74) is 1.27. The topological polar surface area (TPSA) is 12.4 Å². The van der Waals surface area contributed by atoms with Crippen molar-refractivity contribution in [1.82, 2.24) is 0 Å². The Balaban J connectivity index is 2.37. The third-order valence-corrected chi connectivity index (χ3v) is 2.07. The van der Waals surface area contributed by atoms with E-state index in [1.165, 1.54) is 5.71 Å². The van der Waals surface area contributed by atoms with Gasteiger partial charge in [0.15, 0.2) is 0 Å². The molecule has 0 fully saturated rings. The maximum Gasteiger partial charge on any atom is 0.115 e. The summed E-state index contributed by atoms with van der Waals surface area (Å²) in [6.07, 6.45) is 5.51. The summed E-state index contributed by atoms with van der Waals surface area (Å²) in [5.74, 6) is 1.31. The Kier molecular flexibility index (Phi) is 3.58. The van der Waals surface area contributed by atoms with Gasteiger partial charge < -0.3 is 0 Å². The summed E-state index contributed by atoms with van der Waals surface area (Å²) in [5, 5.41) is 0. The van der Waals surface area contributed by atoms with Crippen molar-refractivity contribution in [3.05, 3.63) is 12.2 Å². The van der Waals surface area contributed by atoms with Gasteiger partial charge in [-0.1, -0.05) is 26.7 Å². The van der Waals surface area contributed by atoms with Crippen LogP contribution >= 0.6 is 0 Å². The van der Waals surface area contributed by atoms with E-state index in [9.17, 15) is 0 Å². The largest absolute Gasteiger partial charge is 0.290 e. The molecular formula is C10H17BN. The van der Waals surface area contributed by atoms with E-state index >= 15 is 0 Å². The third-order valence-electron chi connectivity index (χ3n) is 2.07. The molecule has 1 aliphatic rings. The van der Waals surface area contributed by atoms with Crippen molar-refractivity contribution in [1.29, 1.82) is 0 Å². The monoisotopic (exact) mass is 162 g/mol. The van der Waals surface area contributed by atoms with Crippen LogP contribution in [0.3, 0.4) is 0 Å². The Morgan fingerprint density at radius 1 is 1.67 bits per heavy atom. The molecule has 65 valence electrons. The first kappa shape index (κ1) is 9.56. The predicted molar refractivity (Wildman–Crippen MR) is 56.3 cm³/mol. The van der Waals surface area contributed by atoms with Crippen molar-refractivity contribution in [2.24, 2.45) is 10.9 Å². The van der Waals surface area contributed by atoms with Crippen molar-refractivity contribution in [2.45, 2.75) is 32.9 Å². The van der Waals surface area contributed by atoms with Crippen molar-refractivity contribution in [2.75, 3.05) is 6.54 Å². The molecule has 0 saturated heterocycles. The molecule has 0 heterocycles. The molecule has 0 amide bonds. The Bertz CT molecular complexity index is 194. The van der Waals surface area contributed by atoms with Gasteiger partial charge in [-0.25, -0.2) is 0 Å². The van der Waals surface area contributed by atoms with E-state index in [2.05, 4.69) is 45.1 Å². The van der Waals surface area contributed by atoms with Gasteiger partial charge in [-0.05, 0) is 24.2 Å². The van der Waals surface area contributed by atoms with E-state index in [0.717, 1.165) is 13.0 Å². The van der Waals surface area contributed by atoms with Crippen LogP contribution in [0.15, 0.2) is 17.1 Å². The molecule has 12 heavy (non-hydrogen) atoms. The summed E-state index contributed by atoms with van der Waals surface area (Å²) in [6, 6.07) is 0. The highest BCUT2D eigenvalue weighted by atomic mass is 14.7. The fourth-order valence-electron chi connectivity index (χ4n) is 1.26. The van der Waals surface area contributed by atoms with Crippen LogP contribution < -0.4 is 0 Å². The van der Waals surface area contributed by atoms with Gasteiger partial charge in [0.1, 0.15) is 7.28 Å². The quantitative estimate of drug-likeness (QED) is 0.565. The van der Waals surface area contributed by atoms with Crippen LogP contribution in [-0.4, -0.2) is 19.5 Å². The average Bonchev–Trinajstić information content (AvgIpc) is 2.48. The number of hydrogen-bond donors (Lipinski definition) is 0. The molecule has 1 unspecified atom stereocenters. The van der Waals surface area contributed by atoms with Crippen LogP contribution in [0.5, 0.6) is 0 Å². The number of allylic oxidation sites excluding steroid dienone is 2. The maximum absolute atomic E-state index is 4.53. The molecule has 0 aromatic heterocycles. The van der Waals surface area contributed by atoms with Gasteiger partial charge in [-0.2, -0.15) is 0 Å². The molecule has 2 heteroatoms. The van der Waals surface area contributed by atoms with E-state index in [1.807, 2.05) is 0 Å². The summed E-state index contributed by atoms with van der Waals surface area (Å²) >= 11 is 0. The highest BCUT2D eigenvalue weighted by Gasteiger charge is 2.12. The second-order valence-corrected chi connectivity index (χ2v) is 3.79. The van der Waals surface area contributed by atoms with Crippen molar-refractivity contribution in [3.8, 4) is 0 Å². The van der Waals surface area contributed by atoms with Crippen molar-refractivity contribution in [3.63, 3.8) is 0 Å². The minimum atomic E-state index is 0.635. The molecule has 1 atom stereocenters. The van der Waals surface area contributed by atoms with Crippen LogP contribution in [-0.2, 0) is 0 Å². The van der Waals surface area contributed by atoms with E-state index < -0.39 is 0 Å². The average molecular weight is 162 g/mol. The summed E-state index contributed by atoms with van der Waals surface area (Å²) < 4.78 is 0. The molecule has 0 spiro atoms. The van der Waals surface area contributed by atoms with Gasteiger partial charge in [-0.15, -0.1) is 0 Å². The summed E-state index contributed by atoms with van der Waals surface area (Å²) in [6.45, 7) is 7.48. The first-order valence-electron chi connectivity index (χ1n) is 4.73. The second kappa shape index (κ2) is 4.49. The van der Waals surface area contributed by atoms with Crippen molar-refractivity contribution >= 4 is 13.0 Å². The summed E-state index contributed by atoms with van der Waals surface area (Å²) in [7, 11) is 2.23. The van der Waals surface area contributed by atoms with Crippen LogP contribution in [0.1, 0.15) is 20.3 Å². The third kappa shape index (κ3) is 2.84. The molecule has 0 bridgehead atoms. The number of nitrogens with zero attached hydrogens (tertiary/aromatic N) is 1. The molecule has 1 rings (SSSR count). The van der Waals surface area contributed by atoms with Gasteiger partial charge in [0.25, 0.3) is 0 Å². The molecule has 1 aliphatic carbocycles. The number of rotatable bonds is 3. The maximum atomic E-state index is 4.53. The van der Waals surface area contributed by atoms with Crippen LogP contribution in [0.25, 0.3) is 0 Å². The Morgan fingerprint density at radius 2 is 2.42 bits per heavy atom. The van der Waals surface area contributed by atoms with Crippen molar-refractivity contribution < 1.29 is 0 Å². The lowest BCUT2D eigenvalue weighted by Crippen LogP contribution is -2.00. The van der Waals surface area contributed by atoms with E-state index in [1.54, 1.807) is 0 Å². The van der Waals surface area contributed by atoms with Gasteiger partial charge in [0.05, 0.1) is 0 Å². The predicted octanol–water partition coefficient (Wildman–Crippen LogP) is 2.58. The van der Waals surface area contributed by atoms with Gasteiger partial charge >= 0.3 is 0 Å². The smallest absolute Gasteiger partial charge is 0.115 e. The first-order valence-corrected chi connectivity index (χ1v) is 4.73. The normalized spacial score (nSPS) is 25.7. The van der Waals surface area contributed by atoms with E-state index in [-0.39, 0.29) is 0 Å². The minimum Gasteiger partial charge on any atom is -0.290 e. The fraction of sp³-hybridized carbons (Fsp3) is 0.700. The van der Waals surface area contributed by atoms with E-state index in [0.29, 0.717) is 11.7 Å². The van der Waals surface area contributed by atoms with Gasteiger partial charge in [0.2, 0.25) is 0 Å². The minimum absolute atomic E-state index is 0.635. The van der Waals surface area contributed by atoms with Gasteiger partial charge in [-0.3, -0.25) is 4.99 Å². The highest BCUT2D eigenvalue weighted by molar-refractivity contribution is 6.38. The van der Waals surface area contributed by atoms with Gasteiger partial charge in [0, 0.05) is 12.3 Å². The van der Waals surface area contributed by atoms with Crippen LogP contribution in [0, 0.1) is 5.92 Å². The standard InChI is InChI=1S/C10H17BN/c1-8(2)7-12-10-5-4-9(6-10)11-3/h4-5,8-9H,6-7H2,1-3H3. The number of aliphatic imine (C=N–C) groups is 1. The summed E-state index contributed by atoms with van der Waals surface area (Å²) in [4.78, 5) is 4.53. The molecule has 1 nitrogen and oxygen atoms in total. The molecule has 0 aromatic carbocycles. The lowest BCUT2D eigenvalue weighted by atomic mass is 9.67. The van der Waals surface area contributed by atoms with Crippen LogP contribution in [0.4, 0.5) is 0 Å². The molecule has 1 radical (unpaired) electrons. The van der Waals surface area contributed by atoms with E-state index in [4.69, 9.17) is 0 Å². The first-order chi connectivity index (χ1) is 5.72. The fourth-order valence-corrected chi connectivity index (χ4v) is 1.26. The Labute approximate surface area is 76.2 Å².